The lowest BCUT2D eigenvalue weighted by atomic mass is 9.95. The molecule has 8 heteroatoms. The van der Waals surface area contributed by atoms with Crippen molar-refractivity contribution in [3.63, 3.8) is 0 Å². The molecule has 4 nitrogen and oxygen atoms in total. The van der Waals surface area contributed by atoms with E-state index < -0.39 is 15.8 Å². The zero-order valence-electron chi connectivity index (χ0n) is 12.4. The van der Waals surface area contributed by atoms with Gasteiger partial charge in [-0.1, -0.05) is 0 Å². The third-order valence-corrected chi connectivity index (χ3v) is 6.76. The van der Waals surface area contributed by atoms with Gasteiger partial charge in [-0.25, -0.2) is 12.8 Å². The topological polar surface area (TPSA) is 49.4 Å². The first-order valence-corrected chi connectivity index (χ1v) is 9.28. The van der Waals surface area contributed by atoms with Crippen LogP contribution < -0.4 is 5.32 Å². The number of sulfonamides is 1. The fourth-order valence-corrected chi connectivity index (χ4v) is 5.09. The van der Waals surface area contributed by atoms with E-state index in [0.29, 0.717) is 19.0 Å². The molecule has 0 bridgehead atoms. The first-order chi connectivity index (χ1) is 9.95. The van der Waals surface area contributed by atoms with E-state index in [1.54, 1.807) is 0 Å². The van der Waals surface area contributed by atoms with E-state index >= 15 is 0 Å². The Morgan fingerprint density at radius 1 is 1.36 bits per heavy atom. The van der Waals surface area contributed by atoms with Crippen LogP contribution in [-0.4, -0.2) is 39.4 Å². The first-order valence-electron chi connectivity index (χ1n) is 7.05. The Bertz CT molecular complexity index is 593. The molecule has 1 aromatic rings. The van der Waals surface area contributed by atoms with Gasteiger partial charge in [0.2, 0.25) is 10.0 Å². The molecule has 0 atom stereocenters. The highest BCUT2D eigenvalue weighted by Gasteiger charge is 2.30. The molecule has 0 aliphatic carbocycles. The third kappa shape index (κ3) is 4.64. The molecule has 1 N–H and O–H groups in total. The molecule has 0 saturated carbocycles. The zero-order chi connectivity index (χ0) is 15.5. The molecule has 2 rings (SSSR count). The van der Waals surface area contributed by atoms with Crippen LogP contribution in [0, 0.1) is 11.7 Å². The van der Waals surface area contributed by atoms with Crippen LogP contribution in [0.1, 0.15) is 19.3 Å². The Morgan fingerprint density at radius 2 is 2.00 bits per heavy atom. The summed E-state index contributed by atoms with van der Waals surface area (Å²) in [6.07, 6.45) is 2.82. The molecule has 0 amide bonds. The lowest BCUT2D eigenvalue weighted by Gasteiger charge is -2.31. The Labute approximate surface area is 146 Å². The number of halogens is 3. The lowest BCUT2D eigenvalue weighted by Crippen LogP contribution is -2.39. The molecule has 1 aliphatic heterocycles. The van der Waals surface area contributed by atoms with Gasteiger partial charge in [0.15, 0.2) is 0 Å². The molecule has 1 aromatic carbocycles. The fourth-order valence-electron chi connectivity index (χ4n) is 2.61. The van der Waals surface area contributed by atoms with Crippen LogP contribution in [0.2, 0.25) is 0 Å². The van der Waals surface area contributed by atoms with Crippen molar-refractivity contribution < 1.29 is 12.8 Å². The third-order valence-electron chi connectivity index (χ3n) is 3.89. The minimum Gasteiger partial charge on any atom is -0.320 e. The van der Waals surface area contributed by atoms with Gasteiger partial charge >= 0.3 is 0 Å². The average Bonchev–Trinajstić information content (AvgIpc) is 2.45. The van der Waals surface area contributed by atoms with Gasteiger partial charge in [0.05, 0.1) is 4.90 Å². The van der Waals surface area contributed by atoms with Crippen LogP contribution in [-0.2, 0) is 10.0 Å². The number of nitrogens with one attached hydrogen (secondary N) is 1. The van der Waals surface area contributed by atoms with Crippen LogP contribution in [0.3, 0.4) is 0 Å². The summed E-state index contributed by atoms with van der Waals surface area (Å²) in [6, 6.07) is 3.69. The molecule has 1 saturated heterocycles. The van der Waals surface area contributed by atoms with E-state index in [0.717, 1.165) is 25.8 Å². The summed E-state index contributed by atoms with van der Waals surface area (Å²) in [7, 11) is -1.63. The summed E-state index contributed by atoms with van der Waals surface area (Å²) in [5, 5.41) is 3.12. The van der Waals surface area contributed by atoms with Crippen molar-refractivity contribution in [2.75, 3.05) is 26.7 Å². The highest BCUT2D eigenvalue weighted by atomic mass is 79.9. The van der Waals surface area contributed by atoms with Crippen molar-refractivity contribution in [1.29, 1.82) is 0 Å². The van der Waals surface area contributed by atoms with Crippen molar-refractivity contribution in [2.45, 2.75) is 24.2 Å². The molecule has 22 heavy (non-hydrogen) atoms. The predicted molar refractivity (Wildman–Crippen MR) is 91.4 cm³/mol. The van der Waals surface area contributed by atoms with E-state index in [1.165, 1.54) is 22.5 Å². The summed E-state index contributed by atoms with van der Waals surface area (Å²) >= 11 is 3.14. The van der Waals surface area contributed by atoms with Crippen LogP contribution in [0.25, 0.3) is 0 Å². The number of benzene rings is 1. The second kappa shape index (κ2) is 8.59. The van der Waals surface area contributed by atoms with E-state index in [-0.39, 0.29) is 21.8 Å². The second-order valence-corrected chi connectivity index (χ2v) is 8.08. The molecule has 126 valence electrons. The van der Waals surface area contributed by atoms with Gasteiger partial charge in [0, 0.05) is 17.6 Å². The first kappa shape index (κ1) is 19.8. The van der Waals surface area contributed by atoms with Crippen LogP contribution >= 0.6 is 28.3 Å². The van der Waals surface area contributed by atoms with Gasteiger partial charge < -0.3 is 5.32 Å². The Hall–Kier alpha value is -0.210. The SMILES string of the molecule is CNCCC1CCN(S(=O)(=O)c2ccc(F)cc2Br)CC1.Cl. The monoisotopic (exact) mass is 414 g/mol. The molecule has 0 radical (unpaired) electrons. The van der Waals surface area contributed by atoms with Crippen LogP contribution in [0.5, 0.6) is 0 Å². The highest BCUT2D eigenvalue weighted by Crippen LogP contribution is 2.29. The maximum Gasteiger partial charge on any atom is 0.244 e. The molecule has 0 spiro atoms. The van der Waals surface area contributed by atoms with Gasteiger partial charge in [0.25, 0.3) is 0 Å². The highest BCUT2D eigenvalue weighted by molar-refractivity contribution is 9.10. The number of hydrogen-bond acceptors (Lipinski definition) is 3. The van der Waals surface area contributed by atoms with Crippen molar-refractivity contribution in [2.24, 2.45) is 5.92 Å². The van der Waals surface area contributed by atoms with E-state index in [1.807, 2.05) is 7.05 Å². The lowest BCUT2D eigenvalue weighted by molar-refractivity contribution is 0.263. The molecular formula is C14H21BrClFN2O2S. The van der Waals surface area contributed by atoms with Crippen molar-refractivity contribution >= 4 is 38.4 Å². The summed E-state index contributed by atoms with van der Waals surface area (Å²) in [4.78, 5) is 0.137. The summed E-state index contributed by atoms with van der Waals surface area (Å²) in [5.74, 6) is 0.118. The number of rotatable bonds is 5. The van der Waals surface area contributed by atoms with Gasteiger partial charge in [-0.3, -0.25) is 0 Å². The smallest absolute Gasteiger partial charge is 0.244 e. The summed E-state index contributed by atoms with van der Waals surface area (Å²) in [6.45, 7) is 2.02. The molecule has 0 unspecified atom stereocenters. The Kier molecular flexibility index (Phi) is 7.74. The van der Waals surface area contributed by atoms with Crippen LogP contribution in [0.4, 0.5) is 4.39 Å². The summed E-state index contributed by atoms with van der Waals surface area (Å²) < 4.78 is 40.1. The van der Waals surface area contributed by atoms with Crippen molar-refractivity contribution in [3.05, 3.63) is 28.5 Å². The predicted octanol–water partition coefficient (Wildman–Crippen LogP) is 3.02. The van der Waals surface area contributed by atoms with E-state index in [9.17, 15) is 12.8 Å². The summed E-state index contributed by atoms with van der Waals surface area (Å²) in [5.41, 5.74) is 0. The van der Waals surface area contributed by atoms with Gasteiger partial charge in [-0.15, -0.1) is 12.4 Å². The number of nitrogens with zero attached hydrogens (tertiary/aromatic N) is 1. The average molecular weight is 416 g/mol. The van der Waals surface area contributed by atoms with Crippen molar-refractivity contribution in [3.8, 4) is 0 Å². The maximum atomic E-state index is 13.1. The van der Waals surface area contributed by atoms with E-state index in [4.69, 9.17) is 0 Å². The Morgan fingerprint density at radius 3 is 2.55 bits per heavy atom. The minimum atomic E-state index is -3.55. The molecule has 1 fully saturated rings. The van der Waals surface area contributed by atoms with Gasteiger partial charge in [-0.2, -0.15) is 4.31 Å². The Balaban J connectivity index is 0.00000242. The molecule has 1 aliphatic rings. The van der Waals surface area contributed by atoms with E-state index in [2.05, 4.69) is 21.2 Å². The van der Waals surface area contributed by atoms with Crippen molar-refractivity contribution in [1.82, 2.24) is 9.62 Å². The molecular weight excluding hydrogens is 395 g/mol. The van der Waals surface area contributed by atoms with Gasteiger partial charge in [0.1, 0.15) is 5.82 Å². The quantitative estimate of drug-likeness (QED) is 0.804. The standard InChI is InChI=1S/C14H20BrFN2O2S.ClH/c1-17-7-4-11-5-8-18(9-6-11)21(19,20)14-3-2-12(16)10-13(14)15;/h2-3,10-11,17H,4-9H2,1H3;1H. The molecule has 0 aromatic heterocycles. The number of hydrogen-bond donors (Lipinski definition) is 1. The van der Waals surface area contributed by atoms with Crippen LogP contribution in [0.15, 0.2) is 27.6 Å². The maximum absolute atomic E-state index is 13.1. The minimum absolute atomic E-state index is 0. The molecule has 1 heterocycles. The fraction of sp³-hybridized carbons (Fsp3) is 0.571. The largest absolute Gasteiger partial charge is 0.320 e. The number of piperidine rings is 1. The second-order valence-electron chi connectivity index (χ2n) is 5.31. The van der Waals surface area contributed by atoms with Gasteiger partial charge in [-0.05, 0) is 72.9 Å². The normalized spacial score (nSPS) is 17.2. The zero-order valence-corrected chi connectivity index (χ0v) is 15.6.